The number of amides is 1. The van der Waals surface area contributed by atoms with Crippen LogP contribution in [0.5, 0.6) is 5.75 Å². The van der Waals surface area contributed by atoms with E-state index in [1.165, 1.54) is 12.1 Å². The van der Waals surface area contributed by atoms with E-state index >= 15 is 0 Å². The van der Waals surface area contributed by atoms with Crippen LogP contribution in [0.3, 0.4) is 0 Å². The molecular formula is C32H29FN4O3. The SMILES string of the molecule is CC(OC(=O)Nc1ccc(-c2c(N)c3ccc(OCC4=C=CC=CN4)cc3n2C2CC2)cc1)c1ccc(F)cc1. The van der Waals surface area contributed by atoms with Crippen LogP contribution < -0.4 is 21.1 Å². The molecule has 4 N–H and O–H groups in total. The summed E-state index contributed by atoms with van der Waals surface area (Å²) in [6.07, 6.45) is 6.65. The van der Waals surface area contributed by atoms with Crippen molar-refractivity contribution >= 4 is 28.4 Å². The minimum Gasteiger partial charge on any atom is -0.487 e. The maximum absolute atomic E-state index is 13.2. The number of benzene rings is 3. The third-order valence-corrected chi connectivity index (χ3v) is 7.05. The van der Waals surface area contributed by atoms with E-state index in [1.807, 2.05) is 60.8 Å². The van der Waals surface area contributed by atoms with Crippen molar-refractivity contribution in [3.8, 4) is 17.0 Å². The summed E-state index contributed by atoms with van der Waals surface area (Å²) in [6, 6.07) is 19.8. The summed E-state index contributed by atoms with van der Waals surface area (Å²) in [5.74, 6) is 0.424. The molecule has 3 aromatic carbocycles. The number of halogens is 1. The summed E-state index contributed by atoms with van der Waals surface area (Å²) in [4.78, 5) is 12.5. The molecule has 1 aliphatic carbocycles. The highest BCUT2D eigenvalue weighted by Crippen LogP contribution is 2.46. The number of ether oxygens (including phenoxy) is 2. The van der Waals surface area contributed by atoms with Crippen molar-refractivity contribution in [2.75, 3.05) is 17.7 Å². The Morgan fingerprint density at radius 3 is 2.62 bits per heavy atom. The highest BCUT2D eigenvalue weighted by Gasteiger charge is 2.30. The second kappa shape index (κ2) is 10.7. The summed E-state index contributed by atoms with van der Waals surface area (Å²) >= 11 is 0. The predicted molar refractivity (Wildman–Crippen MR) is 154 cm³/mol. The smallest absolute Gasteiger partial charge is 0.412 e. The maximum Gasteiger partial charge on any atom is 0.412 e. The molecule has 1 fully saturated rings. The first-order chi connectivity index (χ1) is 19.5. The lowest BCUT2D eigenvalue weighted by molar-refractivity contribution is 0.121. The molecule has 2 heterocycles. The number of rotatable bonds is 8. The molecule has 8 heteroatoms. The van der Waals surface area contributed by atoms with Gasteiger partial charge in [-0.2, -0.15) is 0 Å². The molecular weight excluding hydrogens is 507 g/mol. The van der Waals surface area contributed by atoms with Gasteiger partial charge in [-0.15, -0.1) is 0 Å². The van der Waals surface area contributed by atoms with Crippen molar-refractivity contribution < 1.29 is 18.7 Å². The number of hydrogen-bond acceptors (Lipinski definition) is 5. The molecule has 0 spiro atoms. The van der Waals surface area contributed by atoms with Crippen molar-refractivity contribution in [3.63, 3.8) is 0 Å². The number of nitrogen functional groups attached to an aromatic ring is 1. The van der Waals surface area contributed by atoms with Crippen LogP contribution in [0, 0.1) is 5.82 Å². The van der Waals surface area contributed by atoms with Gasteiger partial charge in [-0.05, 0) is 73.9 Å². The van der Waals surface area contributed by atoms with E-state index in [0.29, 0.717) is 29.6 Å². The average Bonchev–Trinajstić information content (AvgIpc) is 3.77. The second-order valence-electron chi connectivity index (χ2n) is 9.93. The fourth-order valence-electron chi connectivity index (χ4n) is 4.86. The summed E-state index contributed by atoms with van der Waals surface area (Å²) < 4.78 is 27.0. The first-order valence-corrected chi connectivity index (χ1v) is 13.2. The molecule has 0 radical (unpaired) electrons. The minimum absolute atomic E-state index is 0.337. The Morgan fingerprint density at radius 1 is 1.15 bits per heavy atom. The van der Waals surface area contributed by atoms with Gasteiger partial charge in [-0.3, -0.25) is 5.32 Å². The zero-order valence-electron chi connectivity index (χ0n) is 22.0. The Bertz CT molecular complexity index is 1660. The van der Waals surface area contributed by atoms with Crippen molar-refractivity contribution in [1.29, 1.82) is 0 Å². The lowest BCUT2D eigenvalue weighted by Gasteiger charge is -2.15. The van der Waals surface area contributed by atoms with Gasteiger partial charge < -0.3 is 25.1 Å². The summed E-state index contributed by atoms with van der Waals surface area (Å²) in [5, 5.41) is 6.88. The van der Waals surface area contributed by atoms with Crippen LogP contribution in [-0.4, -0.2) is 17.3 Å². The number of allylic oxidation sites excluding steroid dienone is 1. The van der Waals surface area contributed by atoms with E-state index in [4.69, 9.17) is 15.2 Å². The molecule has 202 valence electrons. The zero-order valence-corrected chi connectivity index (χ0v) is 22.0. The quantitative estimate of drug-likeness (QED) is 0.207. The van der Waals surface area contributed by atoms with Crippen LogP contribution in [0.25, 0.3) is 22.2 Å². The summed E-state index contributed by atoms with van der Waals surface area (Å²) in [5.41, 5.74) is 15.7. The fourth-order valence-corrected chi connectivity index (χ4v) is 4.86. The molecule has 0 bridgehead atoms. The predicted octanol–water partition coefficient (Wildman–Crippen LogP) is 7.21. The second-order valence-corrected chi connectivity index (χ2v) is 9.93. The van der Waals surface area contributed by atoms with Gasteiger partial charge in [0.05, 0.1) is 22.6 Å². The van der Waals surface area contributed by atoms with Crippen LogP contribution in [0.15, 0.2) is 96.5 Å². The first-order valence-electron chi connectivity index (χ1n) is 13.2. The topological polar surface area (TPSA) is 90.5 Å². The van der Waals surface area contributed by atoms with Crippen molar-refractivity contribution in [3.05, 3.63) is 108 Å². The fraction of sp³-hybridized carbons (Fsp3) is 0.188. The normalized spacial score (nSPS) is 14.9. The number of carbonyl (C=O) groups excluding carboxylic acids is 1. The third kappa shape index (κ3) is 5.30. The van der Waals surface area contributed by atoms with Gasteiger partial charge in [0.2, 0.25) is 0 Å². The highest BCUT2D eigenvalue weighted by atomic mass is 19.1. The number of carbonyl (C=O) groups is 1. The Morgan fingerprint density at radius 2 is 1.93 bits per heavy atom. The third-order valence-electron chi connectivity index (χ3n) is 7.05. The number of aromatic nitrogens is 1. The van der Waals surface area contributed by atoms with Gasteiger partial charge >= 0.3 is 6.09 Å². The standard InChI is InChI=1S/C32H29FN4O3/c1-20(21-5-9-23(33)10-6-21)40-32(38)36-24-11-7-22(8-12-24)31-30(34)28-16-15-27(18-29(28)37(31)26-13-14-26)39-19-25-4-2-3-17-35-25/h2-3,5-12,15-18,20,26,35H,13-14,19,34H2,1H3,(H,36,38). The van der Waals surface area contributed by atoms with E-state index in [0.717, 1.165) is 46.4 Å². The van der Waals surface area contributed by atoms with Gasteiger partial charge in [0, 0.05) is 34.9 Å². The van der Waals surface area contributed by atoms with Crippen molar-refractivity contribution in [2.45, 2.75) is 31.9 Å². The van der Waals surface area contributed by atoms with Gasteiger partial charge in [-0.25, -0.2) is 9.18 Å². The molecule has 7 nitrogen and oxygen atoms in total. The van der Waals surface area contributed by atoms with Crippen LogP contribution >= 0.6 is 0 Å². The molecule has 1 amide bonds. The number of nitrogens with two attached hydrogens (primary N) is 1. The number of hydrogen-bond donors (Lipinski definition) is 3. The Balaban J connectivity index is 1.20. The van der Waals surface area contributed by atoms with Crippen LogP contribution in [0.2, 0.25) is 0 Å². The van der Waals surface area contributed by atoms with E-state index in [9.17, 15) is 9.18 Å². The van der Waals surface area contributed by atoms with E-state index < -0.39 is 12.2 Å². The minimum atomic E-state index is -0.589. The molecule has 1 saturated carbocycles. The zero-order chi connectivity index (χ0) is 27.6. The molecule has 2 aliphatic rings. The van der Waals surface area contributed by atoms with E-state index in [2.05, 4.69) is 20.9 Å². The van der Waals surface area contributed by atoms with Gasteiger partial charge in [0.15, 0.2) is 0 Å². The van der Waals surface area contributed by atoms with Gasteiger partial charge in [0.25, 0.3) is 0 Å². The van der Waals surface area contributed by atoms with Gasteiger partial charge in [0.1, 0.15) is 24.3 Å². The highest BCUT2D eigenvalue weighted by molar-refractivity contribution is 6.02. The Hall–Kier alpha value is -4.94. The Labute approximate surface area is 231 Å². The number of nitrogens with zero attached hydrogens (tertiary/aromatic N) is 1. The molecule has 4 aromatic rings. The van der Waals surface area contributed by atoms with Crippen LogP contribution in [0.1, 0.15) is 37.5 Å². The number of nitrogens with one attached hydrogen (secondary N) is 2. The number of fused-ring (bicyclic) bond motifs is 1. The molecule has 0 saturated heterocycles. The lowest BCUT2D eigenvalue weighted by Crippen LogP contribution is -2.16. The molecule has 1 aromatic heterocycles. The molecule has 6 rings (SSSR count). The van der Waals surface area contributed by atoms with E-state index in [-0.39, 0.29) is 5.82 Å². The van der Waals surface area contributed by atoms with Crippen molar-refractivity contribution in [2.24, 2.45) is 0 Å². The Kier molecular flexibility index (Phi) is 6.76. The molecule has 40 heavy (non-hydrogen) atoms. The lowest BCUT2D eigenvalue weighted by atomic mass is 10.1. The van der Waals surface area contributed by atoms with Crippen molar-refractivity contribution in [1.82, 2.24) is 9.88 Å². The van der Waals surface area contributed by atoms with Crippen LogP contribution in [-0.2, 0) is 4.74 Å². The summed E-state index contributed by atoms with van der Waals surface area (Å²) in [7, 11) is 0. The molecule has 1 unspecified atom stereocenters. The monoisotopic (exact) mass is 536 g/mol. The first kappa shape index (κ1) is 25.3. The maximum atomic E-state index is 13.2. The van der Waals surface area contributed by atoms with E-state index in [1.54, 1.807) is 19.1 Å². The van der Waals surface area contributed by atoms with Gasteiger partial charge in [-0.1, -0.05) is 30.0 Å². The molecule has 1 atom stereocenters. The average molecular weight is 537 g/mol. The molecule has 1 aliphatic heterocycles. The summed E-state index contributed by atoms with van der Waals surface area (Å²) in [6.45, 7) is 2.13. The largest absolute Gasteiger partial charge is 0.487 e. The number of anilines is 2. The van der Waals surface area contributed by atoms with Crippen LogP contribution in [0.4, 0.5) is 20.6 Å².